The van der Waals surface area contributed by atoms with E-state index in [9.17, 15) is 8.78 Å². The highest BCUT2D eigenvalue weighted by Gasteiger charge is 2.24. The van der Waals surface area contributed by atoms with E-state index < -0.39 is 11.6 Å². The van der Waals surface area contributed by atoms with Gasteiger partial charge in [-0.1, -0.05) is 61.5 Å². The van der Waals surface area contributed by atoms with Crippen LogP contribution in [0.1, 0.15) is 80.0 Å². The van der Waals surface area contributed by atoms with E-state index in [1.165, 1.54) is 35.2 Å². The summed E-state index contributed by atoms with van der Waals surface area (Å²) in [7, 11) is 0. The molecule has 1 aliphatic carbocycles. The Morgan fingerprint density at radius 1 is 0.853 bits per heavy atom. The standard InChI is InChI=1S/C31H36F2O/c1-3-34-31-29(32)20-28(21-30(31)33)27-17-15-24(16-18-27)10-9-23-11-13-25(14-12-23)19-22(2)26-7-5-4-6-8-26/h4-8,11-14,20-22,24,27H,3,9-10,15-19H2,1-2H3. The molecule has 0 bridgehead atoms. The molecule has 34 heavy (non-hydrogen) atoms. The molecular formula is C31H36F2O. The van der Waals surface area contributed by atoms with Crippen molar-refractivity contribution in [1.29, 1.82) is 0 Å². The first-order valence-electron chi connectivity index (χ1n) is 12.8. The first kappa shape index (κ1) is 24.4. The molecule has 1 fully saturated rings. The SMILES string of the molecule is CCOc1c(F)cc(C2CCC(CCc3ccc(CC(C)c4ccccc4)cc3)CC2)cc1F. The Morgan fingerprint density at radius 2 is 1.47 bits per heavy atom. The fraction of sp³-hybridized carbons (Fsp3) is 0.419. The van der Waals surface area contributed by atoms with E-state index in [1.54, 1.807) is 6.92 Å². The molecule has 1 saturated carbocycles. The minimum absolute atomic E-state index is 0.238. The predicted octanol–water partition coefficient (Wildman–Crippen LogP) is 8.62. The maximum Gasteiger partial charge on any atom is 0.190 e. The number of aryl methyl sites for hydroxylation is 1. The lowest BCUT2D eigenvalue weighted by atomic mass is 9.77. The molecule has 0 N–H and O–H groups in total. The summed E-state index contributed by atoms with van der Waals surface area (Å²) < 4.78 is 33.6. The number of hydrogen-bond acceptors (Lipinski definition) is 1. The van der Waals surface area contributed by atoms with Crippen LogP contribution in [0.5, 0.6) is 5.75 Å². The largest absolute Gasteiger partial charge is 0.488 e. The van der Waals surface area contributed by atoms with E-state index in [0.717, 1.165) is 44.1 Å². The molecule has 0 aliphatic heterocycles. The lowest BCUT2D eigenvalue weighted by Gasteiger charge is -2.29. The van der Waals surface area contributed by atoms with Crippen LogP contribution in [0, 0.1) is 17.6 Å². The fourth-order valence-corrected chi connectivity index (χ4v) is 5.35. The van der Waals surface area contributed by atoms with Crippen molar-refractivity contribution in [3.8, 4) is 5.75 Å². The molecular weight excluding hydrogens is 426 g/mol. The molecule has 0 saturated heterocycles. The van der Waals surface area contributed by atoms with Crippen molar-refractivity contribution in [2.75, 3.05) is 6.61 Å². The average Bonchev–Trinajstić information content (AvgIpc) is 2.86. The molecule has 0 amide bonds. The second kappa shape index (κ2) is 11.6. The molecule has 0 spiro atoms. The van der Waals surface area contributed by atoms with Gasteiger partial charge in [-0.3, -0.25) is 0 Å². The van der Waals surface area contributed by atoms with E-state index >= 15 is 0 Å². The molecule has 1 atom stereocenters. The molecule has 0 heterocycles. The van der Waals surface area contributed by atoms with E-state index in [2.05, 4.69) is 61.5 Å². The van der Waals surface area contributed by atoms with Crippen LogP contribution in [0.25, 0.3) is 0 Å². The first-order valence-corrected chi connectivity index (χ1v) is 12.8. The van der Waals surface area contributed by atoms with Gasteiger partial charge in [0.2, 0.25) is 0 Å². The highest BCUT2D eigenvalue weighted by Crippen LogP contribution is 2.39. The molecule has 1 aliphatic rings. The lowest BCUT2D eigenvalue weighted by Crippen LogP contribution is -2.14. The molecule has 4 rings (SSSR count). The van der Waals surface area contributed by atoms with Crippen molar-refractivity contribution in [1.82, 2.24) is 0 Å². The smallest absolute Gasteiger partial charge is 0.190 e. The van der Waals surface area contributed by atoms with Gasteiger partial charge in [-0.25, -0.2) is 8.78 Å². The summed E-state index contributed by atoms with van der Waals surface area (Å²) in [5.41, 5.74) is 4.94. The van der Waals surface area contributed by atoms with Gasteiger partial charge in [-0.05, 0) is 104 Å². The number of hydrogen-bond donors (Lipinski definition) is 0. The van der Waals surface area contributed by atoms with Crippen LogP contribution in [0.3, 0.4) is 0 Å². The Bertz CT molecular complexity index is 1010. The third-order valence-corrected chi connectivity index (χ3v) is 7.40. The molecule has 3 aromatic carbocycles. The molecule has 1 unspecified atom stereocenters. The van der Waals surface area contributed by atoms with Crippen molar-refractivity contribution < 1.29 is 13.5 Å². The van der Waals surface area contributed by atoms with E-state index in [0.29, 0.717) is 11.8 Å². The van der Waals surface area contributed by atoms with Crippen LogP contribution in [0.4, 0.5) is 8.78 Å². The molecule has 180 valence electrons. The van der Waals surface area contributed by atoms with Crippen molar-refractivity contribution in [3.05, 3.63) is 101 Å². The van der Waals surface area contributed by atoms with Gasteiger partial charge in [-0.2, -0.15) is 0 Å². The van der Waals surface area contributed by atoms with Crippen molar-refractivity contribution >= 4 is 0 Å². The Labute approximate surface area is 203 Å². The van der Waals surface area contributed by atoms with Gasteiger partial charge in [0.05, 0.1) is 6.61 Å². The van der Waals surface area contributed by atoms with Crippen LogP contribution >= 0.6 is 0 Å². The zero-order chi connectivity index (χ0) is 23.9. The van der Waals surface area contributed by atoms with Gasteiger partial charge in [0.25, 0.3) is 0 Å². The predicted molar refractivity (Wildman–Crippen MR) is 136 cm³/mol. The van der Waals surface area contributed by atoms with Crippen LogP contribution in [-0.4, -0.2) is 6.61 Å². The second-order valence-corrected chi connectivity index (χ2v) is 9.84. The molecule has 0 aromatic heterocycles. The zero-order valence-electron chi connectivity index (χ0n) is 20.4. The summed E-state index contributed by atoms with van der Waals surface area (Å²) in [4.78, 5) is 0. The number of rotatable bonds is 9. The number of ether oxygens (including phenoxy) is 1. The van der Waals surface area contributed by atoms with Crippen LogP contribution in [-0.2, 0) is 12.8 Å². The van der Waals surface area contributed by atoms with Crippen molar-refractivity contribution in [3.63, 3.8) is 0 Å². The average molecular weight is 463 g/mol. The van der Waals surface area contributed by atoms with Crippen LogP contribution < -0.4 is 4.74 Å². The van der Waals surface area contributed by atoms with Gasteiger partial charge in [0, 0.05) is 0 Å². The Morgan fingerprint density at radius 3 is 2.09 bits per heavy atom. The topological polar surface area (TPSA) is 9.23 Å². The third-order valence-electron chi connectivity index (χ3n) is 7.40. The molecule has 3 heteroatoms. The Kier molecular flexibility index (Phi) is 8.37. The number of halogens is 2. The summed E-state index contributed by atoms with van der Waals surface area (Å²) in [6.07, 6.45) is 7.55. The maximum atomic E-state index is 14.3. The first-order chi connectivity index (χ1) is 16.5. The van der Waals surface area contributed by atoms with Gasteiger partial charge in [-0.15, -0.1) is 0 Å². The molecule has 0 radical (unpaired) electrons. The van der Waals surface area contributed by atoms with Gasteiger partial charge in [0.15, 0.2) is 17.4 Å². The maximum absolute atomic E-state index is 14.3. The quantitative estimate of drug-likeness (QED) is 0.309. The highest BCUT2D eigenvalue weighted by molar-refractivity contribution is 5.33. The Hall–Kier alpha value is -2.68. The van der Waals surface area contributed by atoms with E-state index in [1.807, 2.05) is 0 Å². The third kappa shape index (κ3) is 6.25. The zero-order valence-corrected chi connectivity index (χ0v) is 20.4. The summed E-state index contributed by atoms with van der Waals surface area (Å²) in [5, 5.41) is 0. The Balaban J connectivity index is 1.24. The molecule has 3 aromatic rings. The normalized spacial score (nSPS) is 19.1. The van der Waals surface area contributed by atoms with Gasteiger partial charge in [0.1, 0.15) is 0 Å². The summed E-state index contributed by atoms with van der Waals surface area (Å²) in [6.45, 7) is 4.28. The monoisotopic (exact) mass is 462 g/mol. The second-order valence-electron chi connectivity index (χ2n) is 9.84. The van der Waals surface area contributed by atoms with Crippen molar-refractivity contribution in [2.45, 2.75) is 70.6 Å². The molecule has 1 nitrogen and oxygen atoms in total. The van der Waals surface area contributed by atoms with Crippen LogP contribution in [0.2, 0.25) is 0 Å². The summed E-state index contributed by atoms with van der Waals surface area (Å²) >= 11 is 0. The minimum atomic E-state index is -0.583. The van der Waals surface area contributed by atoms with E-state index in [-0.39, 0.29) is 18.3 Å². The van der Waals surface area contributed by atoms with Crippen LogP contribution in [0.15, 0.2) is 66.7 Å². The summed E-state index contributed by atoms with van der Waals surface area (Å²) in [6, 6.07) is 22.8. The lowest BCUT2D eigenvalue weighted by molar-refractivity contribution is 0.296. The minimum Gasteiger partial charge on any atom is -0.488 e. The van der Waals surface area contributed by atoms with E-state index in [4.69, 9.17) is 4.74 Å². The highest BCUT2D eigenvalue weighted by atomic mass is 19.1. The van der Waals surface area contributed by atoms with Gasteiger partial charge < -0.3 is 4.74 Å². The fourth-order valence-electron chi connectivity index (χ4n) is 5.35. The summed E-state index contributed by atoms with van der Waals surface area (Å²) in [5.74, 6) is 0.0226. The number of benzene rings is 3. The van der Waals surface area contributed by atoms with Crippen molar-refractivity contribution in [2.24, 2.45) is 5.92 Å². The van der Waals surface area contributed by atoms with Gasteiger partial charge >= 0.3 is 0 Å².